The lowest BCUT2D eigenvalue weighted by Crippen LogP contribution is -2.50. The highest BCUT2D eigenvalue weighted by Crippen LogP contribution is 2.54. The van der Waals surface area contributed by atoms with E-state index in [0.29, 0.717) is 24.1 Å². The topological polar surface area (TPSA) is 40.5 Å². The number of alkyl halides is 7. The number of carbonyl (C=O) groups is 1. The Morgan fingerprint density at radius 3 is 2.18 bits per heavy atom. The number of fused-ring (bicyclic) bond motifs is 1. The van der Waals surface area contributed by atoms with Crippen molar-refractivity contribution in [1.29, 1.82) is 0 Å². The van der Waals surface area contributed by atoms with Gasteiger partial charge in [0.05, 0.1) is 0 Å². The van der Waals surface area contributed by atoms with Gasteiger partial charge in [0.25, 0.3) is 0 Å². The number of likely N-dealkylation sites (N-methyl/N-ethyl adjacent to an activating group) is 1. The van der Waals surface area contributed by atoms with E-state index in [-0.39, 0.29) is 30.4 Å². The summed E-state index contributed by atoms with van der Waals surface area (Å²) in [4.78, 5) is 13.1. The second kappa shape index (κ2) is 7.53. The van der Waals surface area contributed by atoms with Crippen molar-refractivity contribution in [3.05, 3.63) is 34.9 Å². The number of hydrogen-bond acceptors (Lipinski definition) is 2. The number of aryl methyl sites for hydroxylation is 1. The van der Waals surface area contributed by atoms with Gasteiger partial charge in [-0.15, -0.1) is 0 Å². The first-order chi connectivity index (χ1) is 12.8. The van der Waals surface area contributed by atoms with Crippen molar-refractivity contribution < 1.29 is 40.6 Å². The summed E-state index contributed by atoms with van der Waals surface area (Å²) >= 11 is 0. The molecule has 0 saturated carbocycles. The van der Waals surface area contributed by atoms with Gasteiger partial charge >= 0.3 is 18.0 Å². The average Bonchev–Trinajstić information content (AvgIpc) is 2.62. The number of hydrogen-bond donors (Lipinski definition) is 1. The van der Waals surface area contributed by atoms with E-state index in [1.54, 1.807) is 6.92 Å². The number of benzene rings is 1. The van der Waals surface area contributed by atoms with Gasteiger partial charge in [-0.2, -0.15) is 26.3 Å². The number of amides is 1. The minimum absolute atomic E-state index is 0.0825. The molecule has 2 rings (SSSR count). The Labute approximate surface area is 157 Å². The smallest absolute Gasteiger partial charge is 0.387 e. The Morgan fingerprint density at radius 2 is 1.71 bits per heavy atom. The van der Waals surface area contributed by atoms with Crippen LogP contribution in [0.25, 0.3) is 0 Å². The lowest BCUT2D eigenvalue weighted by molar-refractivity contribution is -0.348. The summed E-state index contributed by atoms with van der Waals surface area (Å²) in [6.45, 7) is 1.06. The van der Waals surface area contributed by atoms with Crippen molar-refractivity contribution >= 4 is 5.91 Å². The number of rotatable bonds is 4. The van der Waals surface area contributed by atoms with Crippen LogP contribution in [0, 0.1) is 0 Å². The van der Waals surface area contributed by atoms with E-state index in [0.717, 1.165) is 6.07 Å². The van der Waals surface area contributed by atoms with Crippen LogP contribution in [0.2, 0.25) is 0 Å². The van der Waals surface area contributed by atoms with Crippen LogP contribution in [-0.2, 0) is 16.9 Å². The molecule has 1 aromatic rings. The third kappa shape index (κ3) is 3.58. The third-order valence-electron chi connectivity index (χ3n) is 5.36. The maximum atomic E-state index is 14.3. The highest BCUT2D eigenvalue weighted by atomic mass is 19.4. The van der Waals surface area contributed by atoms with Crippen molar-refractivity contribution in [3.63, 3.8) is 0 Å². The summed E-state index contributed by atoms with van der Waals surface area (Å²) in [7, 11) is 1.48. The molecule has 0 radical (unpaired) electrons. The van der Waals surface area contributed by atoms with Crippen LogP contribution in [0.1, 0.15) is 42.4 Å². The fourth-order valence-corrected chi connectivity index (χ4v) is 3.85. The number of nitrogens with zero attached hydrogens (tertiary/aromatic N) is 1. The molecule has 0 heterocycles. The van der Waals surface area contributed by atoms with Gasteiger partial charge in [-0.3, -0.25) is 4.79 Å². The molecule has 28 heavy (non-hydrogen) atoms. The quantitative estimate of drug-likeness (QED) is 0.748. The molecule has 0 bridgehead atoms. The van der Waals surface area contributed by atoms with Crippen molar-refractivity contribution in [2.75, 3.05) is 13.7 Å². The second-order valence-electron chi connectivity index (χ2n) is 6.85. The van der Waals surface area contributed by atoms with Crippen LogP contribution in [-0.4, -0.2) is 48.0 Å². The van der Waals surface area contributed by atoms with E-state index in [4.69, 9.17) is 5.11 Å². The van der Waals surface area contributed by atoms with Gasteiger partial charge in [0.2, 0.25) is 5.91 Å². The summed E-state index contributed by atoms with van der Waals surface area (Å²) in [6, 6.07) is 1.85. The monoisotopic (exact) mass is 415 g/mol. The Morgan fingerprint density at radius 1 is 1.14 bits per heavy atom. The minimum atomic E-state index is -6.16. The molecule has 0 spiro atoms. The number of carbonyl (C=O) groups excluding carboxylic acids is 1. The molecule has 10 heteroatoms. The van der Waals surface area contributed by atoms with Crippen LogP contribution >= 0.6 is 0 Å². The van der Waals surface area contributed by atoms with E-state index in [1.165, 1.54) is 11.9 Å². The molecule has 0 saturated heterocycles. The molecule has 0 fully saturated rings. The SMILES string of the molecule is CCC1c2ccc(C(F)(C(F)(F)F)C(F)(F)F)cc2CCC1N(C)C(=O)CO. The lowest BCUT2D eigenvalue weighted by Gasteiger charge is -2.39. The Bertz CT molecular complexity index is 716. The highest BCUT2D eigenvalue weighted by Gasteiger charge is 2.73. The second-order valence-corrected chi connectivity index (χ2v) is 6.85. The first-order valence-electron chi connectivity index (χ1n) is 8.61. The van der Waals surface area contributed by atoms with Crippen molar-refractivity contribution in [2.24, 2.45) is 0 Å². The highest BCUT2D eigenvalue weighted by molar-refractivity contribution is 5.77. The van der Waals surface area contributed by atoms with Crippen molar-refractivity contribution in [1.82, 2.24) is 4.90 Å². The maximum absolute atomic E-state index is 14.3. The molecule has 0 aromatic heterocycles. The summed E-state index contributed by atoms with van der Waals surface area (Å²) in [6.07, 6.45) is -11.5. The van der Waals surface area contributed by atoms with E-state index in [1.807, 2.05) is 0 Å². The Balaban J connectivity index is 2.51. The molecule has 2 atom stereocenters. The zero-order valence-corrected chi connectivity index (χ0v) is 15.2. The van der Waals surface area contributed by atoms with E-state index in [9.17, 15) is 35.5 Å². The third-order valence-corrected chi connectivity index (χ3v) is 5.36. The number of aliphatic hydroxyl groups excluding tert-OH is 1. The van der Waals surface area contributed by atoms with Crippen molar-refractivity contribution in [2.45, 2.75) is 56.2 Å². The molecule has 158 valence electrons. The van der Waals surface area contributed by atoms with Crippen LogP contribution in [0.15, 0.2) is 18.2 Å². The van der Waals surface area contributed by atoms with Gasteiger partial charge in [-0.1, -0.05) is 25.1 Å². The number of halogens is 7. The zero-order valence-electron chi connectivity index (χ0n) is 15.2. The van der Waals surface area contributed by atoms with Crippen LogP contribution in [0.5, 0.6) is 0 Å². The molecule has 1 aliphatic carbocycles. The molecular weight excluding hydrogens is 395 g/mol. The predicted molar refractivity (Wildman–Crippen MR) is 86.3 cm³/mol. The molecule has 1 aromatic carbocycles. The van der Waals surface area contributed by atoms with Gasteiger partial charge in [-0.05, 0) is 30.4 Å². The van der Waals surface area contributed by atoms with Gasteiger partial charge in [0.1, 0.15) is 6.61 Å². The average molecular weight is 415 g/mol. The fourth-order valence-electron chi connectivity index (χ4n) is 3.85. The summed E-state index contributed by atoms with van der Waals surface area (Å²) in [5, 5.41) is 9.02. The van der Waals surface area contributed by atoms with Gasteiger partial charge in [0.15, 0.2) is 0 Å². The molecule has 3 nitrogen and oxygen atoms in total. The number of aliphatic hydroxyl groups is 1. The van der Waals surface area contributed by atoms with Gasteiger partial charge in [0, 0.05) is 24.6 Å². The first kappa shape index (κ1) is 22.4. The minimum Gasteiger partial charge on any atom is -0.387 e. The Hall–Kier alpha value is -1.84. The summed E-state index contributed by atoms with van der Waals surface area (Å²) in [5.41, 5.74) is -6.29. The predicted octanol–water partition coefficient (Wildman–Crippen LogP) is 4.24. The van der Waals surface area contributed by atoms with Crippen LogP contribution in [0.3, 0.4) is 0 Å². The van der Waals surface area contributed by atoms with Crippen molar-refractivity contribution in [3.8, 4) is 0 Å². The maximum Gasteiger partial charge on any atom is 0.435 e. The summed E-state index contributed by atoms with van der Waals surface area (Å²) < 4.78 is 92.3. The fraction of sp³-hybridized carbons (Fsp3) is 0.611. The lowest BCUT2D eigenvalue weighted by atomic mass is 9.75. The standard InChI is InChI=1S/C18H20F7NO2/c1-3-12-13-6-5-11(16(19,17(20,21)22)18(23,24)25)8-10(13)4-7-14(12)26(2)15(28)9-27/h5-6,8,12,14,27H,3-4,7,9H2,1-2H3. The van der Waals surface area contributed by atoms with E-state index < -0.39 is 36.1 Å². The molecule has 1 N–H and O–H groups in total. The largest absolute Gasteiger partial charge is 0.435 e. The van der Waals surface area contributed by atoms with Gasteiger partial charge in [-0.25, -0.2) is 4.39 Å². The van der Waals surface area contributed by atoms with Gasteiger partial charge < -0.3 is 10.0 Å². The molecule has 0 aliphatic heterocycles. The normalized spacial score (nSPS) is 20.6. The van der Waals surface area contributed by atoms with Crippen LogP contribution in [0.4, 0.5) is 30.7 Å². The Kier molecular flexibility index (Phi) is 6.04. The molecular formula is C18H20F7NO2. The molecule has 1 amide bonds. The summed E-state index contributed by atoms with van der Waals surface area (Å²) in [5.74, 6) is -0.899. The molecule has 2 unspecified atom stereocenters. The zero-order chi connectivity index (χ0) is 21.5. The van der Waals surface area contributed by atoms with E-state index in [2.05, 4.69) is 0 Å². The molecule has 1 aliphatic rings. The van der Waals surface area contributed by atoms with E-state index >= 15 is 0 Å². The van der Waals surface area contributed by atoms with Crippen LogP contribution < -0.4 is 0 Å². The first-order valence-corrected chi connectivity index (χ1v) is 8.61.